The van der Waals surface area contributed by atoms with Crippen molar-refractivity contribution in [2.75, 3.05) is 25.0 Å². The summed E-state index contributed by atoms with van der Waals surface area (Å²) in [5.41, 5.74) is 1.46. The fourth-order valence-electron chi connectivity index (χ4n) is 3.15. The lowest BCUT2D eigenvalue weighted by atomic mass is 9.95. The molecule has 2 aromatic carbocycles. The lowest BCUT2D eigenvalue weighted by Crippen LogP contribution is -2.41. The molecular formula is C21H24N2O3. The lowest BCUT2D eigenvalue weighted by Gasteiger charge is -2.31. The number of anilines is 1. The fourth-order valence-corrected chi connectivity index (χ4v) is 3.15. The first-order chi connectivity index (χ1) is 12.7. The second-order valence-corrected chi connectivity index (χ2v) is 6.38. The van der Waals surface area contributed by atoms with Crippen LogP contribution >= 0.6 is 0 Å². The third-order valence-electron chi connectivity index (χ3n) is 4.61. The molecule has 1 N–H and O–H groups in total. The summed E-state index contributed by atoms with van der Waals surface area (Å²) >= 11 is 0. The number of carbonyl (C=O) groups excluding carboxylic acids is 2. The number of hydrogen-bond acceptors (Lipinski definition) is 3. The average molecular weight is 352 g/mol. The minimum atomic E-state index is -0.0682. The van der Waals surface area contributed by atoms with Gasteiger partial charge in [0.1, 0.15) is 5.75 Å². The van der Waals surface area contributed by atoms with E-state index in [1.54, 1.807) is 0 Å². The summed E-state index contributed by atoms with van der Waals surface area (Å²) in [6.07, 6.45) is 1.36. The normalized spacial score (nSPS) is 14.7. The van der Waals surface area contributed by atoms with Crippen LogP contribution in [0.2, 0.25) is 0 Å². The molecule has 1 saturated heterocycles. The SMILES string of the molecule is CCOc1ccc(NC(=O)C2CCN(C(=O)c3ccccc3)CC2)cc1. The molecule has 2 amide bonds. The van der Waals surface area contributed by atoms with E-state index in [0.717, 1.165) is 11.4 Å². The van der Waals surface area contributed by atoms with Crippen molar-refractivity contribution in [2.24, 2.45) is 5.92 Å². The van der Waals surface area contributed by atoms with Crippen molar-refractivity contribution in [1.82, 2.24) is 4.90 Å². The molecule has 0 aromatic heterocycles. The summed E-state index contributed by atoms with van der Waals surface area (Å²) in [6.45, 7) is 3.76. The predicted molar refractivity (Wildman–Crippen MR) is 101 cm³/mol. The summed E-state index contributed by atoms with van der Waals surface area (Å²) in [4.78, 5) is 26.8. The largest absolute Gasteiger partial charge is 0.494 e. The first kappa shape index (κ1) is 18.0. The number of likely N-dealkylation sites (tertiary alicyclic amines) is 1. The van der Waals surface area contributed by atoms with Crippen LogP contribution in [0.3, 0.4) is 0 Å². The molecule has 0 spiro atoms. The molecule has 1 aliphatic heterocycles. The van der Waals surface area contributed by atoms with E-state index in [2.05, 4.69) is 5.32 Å². The molecule has 0 saturated carbocycles. The fraction of sp³-hybridized carbons (Fsp3) is 0.333. The zero-order valence-electron chi connectivity index (χ0n) is 15.0. The van der Waals surface area contributed by atoms with Crippen LogP contribution in [0.4, 0.5) is 5.69 Å². The first-order valence-corrected chi connectivity index (χ1v) is 9.05. The third kappa shape index (κ3) is 4.42. The van der Waals surface area contributed by atoms with Gasteiger partial charge in [-0.2, -0.15) is 0 Å². The molecule has 1 heterocycles. The quantitative estimate of drug-likeness (QED) is 0.895. The smallest absolute Gasteiger partial charge is 0.253 e. The van der Waals surface area contributed by atoms with E-state index in [-0.39, 0.29) is 17.7 Å². The predicted octanol–water partition coefficient (Wildman–Crippen LogP) is 3.58. The van der Waals surface area contributed by atoms with Crippen LogP contribution in [0.15, 0.2) is 54.6 Å². The number of rotatable bonds is 5. The highest BCUT2D eigenvalue weighted by molar-refractivity contribution is 5.95. The van der Waals surface area contributed by atoms with Crippen molar-refractivity contribution in [2.45, 2.75) is 19.8 Å². The van der Waals surface area contributed by atoms with Crippen molar-refractivity contribution in [1.29, 1.82) is 0 Å². The highest BCUT2D eigenvalue weighted by Gasteiger charge is 2.27. The maximum Gasteiger partial charge on any atom is 0.253 e. The summed E-state index contributed by atoms with van der Waals surface area (Å²) in [7, 11) is 0. The Hall–Kier alpha value is -2.82. The highest BCUT2D eigenvalue weighted by atomic mass is 16.5. The van der Waals surface area contributed by atoms with Gasteiger partial charge in [-0.1, -0.05) is 18.2 Å². The highest BCUT2D eigenvalue weighted by Crippen LogP contribution is 2.22. The molecule has 5 heteroatoms. The van der Waals surface area contributed by atoms with Gasteiger partial charge < -0.3 is 15.0 Å². The number of piperidine rings is 1. The van der Waals surface area contributed by atoms with Crippen LogP contribution < -0.4 is 10.1 Å². The molecule has 0 bridgehead atoms. The van der Waals surface area contributed by atoms with E-state index in [4.69, 9.17) is 4.74 Å². The Morgan fingerprint density at radius 2 is 1.69 bits per heavy atom. The van der Waals surface area contributed by atoms with E-state index >= 15 is 0 Å². The zero-order valence-corrected chi connectivity index (χ0v) is 15.0. The van der Waals surface area contributed by atoms with Crippen molar-refractivity contribution in [3.05, 3.63) is 60.2 Å². The summed E-state index contributed by atoms with van der Waals surface area (Å²) in [6, 6.07) is 16.7. The number of nitrogens with zero attached hydrogens (tertiary/aromatic N) is 1. The number of ether oxygens (including phenoxy) is 1. The Morgan fingerprint density at radius 1 is 1.04 bits per heavy atom. The second kappa shape index (κ2) is 8.52. The van der Waals surface area contributed by atoms with Gasteiger partial charge in [0.15, 0.2) is 0 Å². The lowest BCUT2D eigenvalue weighted by molar-refractivity contribution is -0.121. The maximum absolute atomic E-state index is 12.5. The van der Waals surface area contributed by atoms with Crippen LogP contribution in [0.25, 0.3) is 0 Å². The van der Waals surface area contributed by atoms with Crippen LogP contribution in [0, 0.1) is 5.92 Å². The van der Waals surface area contributed by atoms with E-state index in [9.17, 15) is 9.59 Å². The standard InChI is InChI=1S/C21H24N2O3/c1-2-26-19-10-8-18(9-11-19)22-20(24)16-12-14-23(15-13-16)21(25)17-6-4-3-5-7-17/h3-11,16H,2,12-15H2,1H3,(H,22,24). The van der Waals surface area contributed by atoms with E-state index < -0.39 is 0 Å². The van der Waals surface area contributed by atoms with E-state index in [0.29, 0.717) is 38.1 Å². The van der Waals surface area contributed by atoms with Crippen molar-refractivity contribution < 1.29 is 14.3 Å². The third-order valence-corrected chi connectivity index (χ3v) is 4.61. The Morgan fingerprint density at radius 3 is 2.31 bits per heavy atom. The molecule has 26 heavy (non-hydrogen) atoms. The molecule has 136 valence electrons. The molecule has 2 aromatic rings. The van der Waals surface area contributed by atoms with Gasteiger partial charge in [0, 0.05) is 30.3 Å². The van der Waals surface area contributed by atoms with E-state index in [1.807, 2.05) is 66.4 Å². The number of carbonyl (C=O) groups is 2. The molecular weight excluding hydrogens is 328 g/mol. The number of nitrogens with one attached hydrogen (secondary N) is 1. The van der Waals surface area contributed by atoms with Crippen LogP contribution in [-0.2, 0) is 4.79 Å². The van der Waals surface area contributed by atoms with Crippen molar-refractivity contribution in [3.8, 4) is 5.75 Å². The van der Waals surface area contributed by atoms with Crippen LogP contribution in [0.1, 0.15) is 30.1 Å². The minimum absolute atomic E-state index is 0.0148. The van der Waals surface area contributed by atoms with Crippen LogP contribution in [0.5, 0.6) is 5.75 Å². The van der Waals surface area contributed by atoms with Crippen molar-refractivity contribution in [3.63, 3.8) is 0 Å². The Labute approximate surface area is 154 Å². The molecule has 1 aliphatic rings. The van der Waals surface area contributed by atoms with Gasteiger partial charge in [0.05, 0.1) is 6.61 Å². The molecule has 0 atom stereocenters. The average Bonchev–Trinajstić information content (AvgIpc) is 2.70. The molecule has 0 aliphatic carbocycles. The Balaban J connectivity index is 1.51. The number of hydrogen-bond donors (Lipinski definition) is 1. The zero-order chi connectivity index (χ0) is 18.4. The maximum atomic E-state index is 12.5. The summed E-state index contributed by atoms with van der Waals surface area (Å²) in [5, 5.41) is 2.96. The van der Waals surface area contributed by atoms with Gasteiger partial charge >= 0.3 is 0 Å². The van der Waals surface area contributed by atoms with Gasteiger partial charge in [-0.3, -0.25) is 9.59 Å². The van der Waals surface area contributed by atoms with Gasteiger partial charge in [-0.15, -0.1) is 0 Å². The minimum Gasteiger partial charge on any atom is -0.494 e. The number of amides is 2. The first-order valence-electron chi connectivity index (χ1n) is 9.05. The molecule has 5 nitrogen and oxygen atoms in total. The molecule has 0 radical (unpaired) electrons. The number of benzene rings is 2. The monoisotopic (exact) mass is 352 g/mol. The topological polar surface area (TPSA) is 58.6 Å². The summed E-state index contributed by atoms with van der Waals surface area (Å²) < 4.78 is 5.40. The van der Waals surface area contributed by atoms with Gasteiger partial charge in [0.2, 0.25) is 5.91 Å². The second-order valence-electron chi connectivity index (χ2n) is 6.38. The van der Waals surface area contributed by atoms with E-state index in [1.165, 1.54) is 0 Å². The Kier molecular flexibility index (Phi) is 5.89. The van der Waals surface area contributed by atoms with Gasteiger partial charge in [0.25, 0.3) is 5.91 Å². The van der Waals surface area contributed by atoms with Gasteiger partial charge in [-0.25, -0.2) is 0 Å². The van der Waals surface area contributed by atoms with Crippen molar-refractivity contribution >= 4 is 17.5 Å². The van der Waals surface area contributed by atoms with Crippen LogP contribution in [-0.4, -0.2) is 36.4 Å². The molecule has 1 fully saturated rings. The molecule has 0 unspecified atom stereocenters. The Bertz CT molecular complexity index is 736. The molecule has 3 rings (SSSR count). The summed E-state index contributed by atoms with van der Waals surface area (Å²) in [5.74, 6) is 0.775. The van der Waals surface area contributed by atoms with Gasteiger partial charge in [-0.05, 0) is 56.2 Å².